The number of piperidine rings is 1. The number of nitrogens with zero attached hydrogens (tertiary/aromatic N) is 1. The number of phenols is 1. The molecule has 1 aromatic rings. The van der Waals surface area contributed by atoms with Crippen LogP contribution in [0, 0.1) is 0 Å². The fourth-order valence-electron chi connectivity index (χ4n) is 5.63. The summed E-state index contributed by atoms with van der Waals surface area (Å²) in [4.78, 5) is 14.5. The number of likely N-dealkylation sites (N-methyl/N-ethyl adjacent to an activating group) is 1. The predicted molar refractivity (Wildman–Crippen MR) is 79.4 cm³/mol. The number of ketones is 1. The van der Waals surface area contributed by atoms with E-state index in [4.69, 9.17) is 4.74 Å². The van der Waals surface area contributed by atoms with Gasteiger partial charge in [0, 0.05) is 12.0 Å². The molecule has 4 aliphatic rings. The van der Waals surface area contributed by atoms with E-state index >= 15 is 0 Å². The van der Waals surface area contributed by atoms with E-state index in [0.717, 1.165) is 0 Å². The standard InChI is InChI=1S/C17H19NO5/c1-18-7-6-16-11-8-2-3-9(19)13(11)23-15(16)10(20)4-5-17(16,22)14(18)12(8)21/h2-3,12,14-15,19,21-22H,4-7H2,1H3/t12?,14-,15-,16-,17+/m0/s1. The summed E-state index contributed by atoms with van der Waals surface area (Å²) in [6, 6.07) is 2.71. The number of ether oxygens (including phenoxy) is 1. The molecule has 0 amide bonds. The molecule has 6 heteroatoms. The Hall–Kier alpha value is -1.63. The number of aromatic hydroxyl groups is 1. The lowest BCUT2D eigenvalue weighted by Gasteiger charge is -2.63. The molecule has 2 aliphatic carbocycles. The van der Waals surface area contributed by atoms with E-state index in [-0.39, 0.29) is 23.7 Å². The Morgan fingerprint density at radius 2 is 2.13 bits per heavy atom. The molecule has 122 valence electrons. The Kier molecular flexibility index (Phi) is 2.33. The van der Waals surface area contributed by atoms with Crippen molar-refractivity contribution in [2.45, 2.75) is 48.5 Å². The largest absolute Gasteiger partial charge is 0.504 e. The highest BCUT2D eigenvalue weighted by Gasteiger charge is 2.74. The molecule has 2 fully saturated rings. The highest BCUT2D eigenvalue weighted by atomic mass is 16.5. The van der Waals surface area contributed by atoms with Crippen LogP contribution in [-0.4, -0.2) is 57.3 Å². The van der Waals surface area contributed by atoms with Crippen molar-refractivity contribution in [3.8, 4) is 11.5 Å². The lowest BCUT2D eigenvalue weighted by Crippen LogP contribution is -2.76. The molecular weight excluding hydrogens is 298 g/mol. The molecule has 5 rings (SSSR count). The smallest absolute Gasteiger partial charge is 0.174 e. The van der Waals surface area contributed by atoms with Crippen LogP contribution in [0.2, 0.25) is 0 Å². The van der Waals surface area contributed by atoms with Gasteiger partial charge < -0.3 is 20.1 Å². The maximum atomic E-state index is 12.5. The molecule has 2 aliphatic heterocycles. The van der Waals surface area contributed by atoms with Crippen LogP contribution in [0.1, 0.15) is 36.5 Å². The van der Waals surface area contributed by atoms with E-state index in [1.165, 1.54) is 6.07 Å². The van der Waals surface area contributed by atoms with Crippen molar-refractivity contribution in [1.82, 2.24) is 4.90 Å². The number of benzene rings is 1. The summed E-state index contributed by atoms with van der Waals surface area (Å²) in [5, 5.41) is 32.8. The summed E-state index contributed by atoms with van der Waals surface area (Å²) in [6.07, 6.45) is -0.533. The molecule has 0 radical (unpaired) electrons. The number of Topliss-reactive ketones (excluding diaryl/α,β-unsaturated/α-hetero) is 1. The van der Waals surface area contributed by atoms with Crippen molar-refractivity contribution in [2.24, 2.45) is 0 Å². The summed E-state index contributed by atoms with van der Waals surface area (Å²) in [5.41, 5.74) is -0.780. The molecule has 5 atom stereocenters. The third-order valence-electron chi connectivity index (χ3n) is 6.56. The molecule has 1 saturated heterocycles. The SMILES string of the molecule is CN1CC[C@]23c4c5ccc(O)c4O[C@H]2C(=O)CC[C@@]3(O)[C@@H]1C5O. The van der Waals surface area contributed by atoms with Crippen molar-refractivity contribution >= 4 is 5.78 Å². The Balaban J connectivity index is 1.91. The number of rotatable bonds is 0. The Labute approximate surface area is 133 Å². The number of carbonyl (C=O) groups excluding carboxylic acids is 1. The van der Waals surface area contributed by atoms with Crippen LogP contribution in [0.15, 0.2) is 12.1 Å². The van der Waals surface area contributed by atoms with Gasteiger partial charge in [0.15, 0.2) is 23.4 Å². The minimum absolute atomic E-state index is 0.0316. The number of hydrogen-bond acceptors (Lipinski definition) is 6. The fourth-order valence-corrected chi connectivity index (χ4v) is 5.63. The van der Waals surface area contributed by atoms with Crippen molar-refractivity contribution in [3.05, 3.63) is 23.3 Å². The minimum atomic E-state index is -1.23. The van der Waals surface area contributed by atoms with Crippen molar-refractivity contribution in [1.29, 1.82) is 0 Å². The number of aliphatic hydroxyl groups is 2. The summed E-state index contributed by atoms with van der Waals surface area (Å²) >= 11 is 0. The van der Waals surface area contributed by atoms with Crippen LogP contribution in [0.5, 0.6) is 11.5 Å². The summed E-state index contributed by atoms with van der Waals surface area (Å²) in [6.45, 7) is 0.658. The van der Waals surface area contributed by atoms with Crippen LogP contribution < -0.4 is 4.74 Å². The van der Waals surface area contributed by atoms with Gasteiger partial charge in [0.1, 0.15) is 0 Å². The van der Waals surface area contributed by atoms with Gasteiger partial charge in [-0.25, -0.2) is 0 Å². The minimum Gasteiger partial charge on any atom is -0.504 e. The maximum Gasteiger partial charge on any atom is 0.174 e. The molecule has 23 heavy (non-hydrogen) atoms. The van der Waals surface area contributed by atoms with Gasteiger partial charge in [0.05, 0.1) is 23.2 Å². The number of hydrogen-bond donors (Lipinski definition) is 3. The molecule has 1 aromatic carbocycles. The second kappa shape index (κ2) is 3.88. The van der Waals surface area contributed by atoms with Crippen LogP contribution >= 0.6 is 0 Å². The molecule has 1 spiro atoms. The normalized spacial score (nSPS) is 44.0. The third-order valence-corrected chi connectivity index (χ3v) is 6.56. The lowest BCUT2D eigenvalue weighted by atomic mass is 9.48. The van der Waals surface area contributed by atoms with Crippen LogP contribution in [0.3, 0.4) is 0 Å². The fraction of sp³-hybridized carbons (Fsp3) is 0.588. The molecule has 1 unspecified atom stereocenters. The van der Waals surface area contributed by atoms with E-state index < -0.39 is 29.3 Å². The van der Waals surface area contributed by atoms with Crippen LogP contribution in [0.25, 0.3) is 0 Å². The molecule has 2 bridgehead atoms. The number of carbonyl (C=O) groups is 1. The van der Waals surface area contributed by atoms with Gasteiger partial charge in [-0.1, -0.05) is 6.07 Å². The molecule has 1 saturated carbocycles. The molecule has 3 N–H and O–H groups in total. The first kappa shape index (κ1) is 13.8. The quantitative estimate of drug-likeness (QED) is 0.635. The predicted octanol–water partition coefficient (Wildman–Crippen LogP) is 0.236. The summed E-state index contributed by atoms with van der Waals surface area (Å²) in [7, 11) is 1.90. The van der Waals surface area contributed by atoms with E-state index in [2.05, 4.69) is 0 Å². The van der Waals surface area contributed by atoms with E-state index in [1.54, 1.807) is 6.07 Å². The zero-order valence-corrected chi connectivity index (χ0v) is 12.8. The Morgan fingerprint density at radius 3 is 2.91 bits per heavy atom. The average Bonchev–Trinajstić information content (AvgIpc) is 2.86. The second-order valence-corrected chi connectivity index (χ2v) is 7.36. The summed E-state index contributed by atoms with van der Waals surface area (Å²) in [5.74, 6) is 0.200. The van der Waals surface area contributed by atoms with Gasteiger partial charge in [-0.15, -0.1) is 0 Å². The lowest BCUT2D eigenvalue weighted by molar-refractivity contribution is -0.206. The zero-order chi connectivity index (χ0) is 16.1. The molecule has 0 aromatic heterocycles. The number of phenolic OH excluding ortho intramolecular Hbond substituents is 1. The highest BCUT2D eigenvalue weighted by Crippen LogP contribution is 2.66. The van der Waals surface area contributed by atoms with Gasteiger partial charge in [-0.2, -0.15) is 0 Å². The van der Waals surface area contributed by atoms with E-state index in [9.17, 15) is 20.1 Å². The molecule has 2 heterocycles. The molecular formula is C17H19NO5. The van der Waals surface area contributed by atoms with Crippen molar-refractivity contribution in [2.75, 3.05) is 13.6 Å². The van der Waals surface area contributed by atoms with Crippen molar-refractivity contribution < 1.29 is 24.9 Å². The maximum absolute atomic E-state index is 12.5. The zero-order valence-electron chi connectivity index (χ0n) is 12.8. The third kappa shape index (κ3) is 1.24. The topological polar surface area (TPSA) is 90.2 Å². The van der Waals surface area contributed by atoms with Gasteiger partial charge in [-0.05, 0) is 38.1 Å². The highest BCUT2D eigenvalue weighted by molar-refractivity contribution is 5.90. The number of likely N-dealkylation sites (tertiary alicyclic amines) is 1. The van der Waals surface area contributed by atoms with Gasteiger partial charge in [-0.3, -0.25) is 9.69 Å². The number of aliphatic hydroxyl groups excluding tert-OH is 1. The van der Waals surface area contributed by atoms with Crippen LogP contribution in [-0.2, 0) is 10.2 Å². The van der Waals surface area contributed by atoms with Crippen molar-refractivity contribution in [3.63, 3.8) is 0 Å². The van der Waals surface area contributed by atoms with E-state index in [0.29, 0.717) is 30.5 Å². The monoisotopic (exact) mass is 317 g/mol. The van der Waals surface area contributed by atoms with E-state index in [1.807, 2.05) is 11.9 Å². The van der Waals surface area contributed by atoms with Gasteiger partial charge in [0.25, 0.3) is 0 Å². The van der Waals surface area contributed by atoms with Crippen LogP contribution in [0.4, 0.5) is 0 Å². The first-order valence-corrected chi connectivity index (χ1v) is 8.08. The average molecular weight is 317 g/mol. The molecule has 6 nitrogen and oxygen atoms in total. The van der Waals surface area contributed by atoms with Gasteiger partial charge in [0.2, 0.25) is 0 Å². The Bertz CT molecular complexity index is 749. The van der Waals surface area contributed by atoms with Gasteiger partial charge >= 0.3 is 0 Å². The first-order valence-electron chi connectivity index (χ1n) is 8.08. The summed E-state index contributed by atoms with van der Waals surface area (Å²) < 4.78 is 5.88. The second-order valence-electron chi connectivity index (χ2n) is 7.36. The first-order chi connectivity index (χ1) is 10.9. The Morgan fingerprint density at radius 1 is 1.35 bits per heavy atom.